The highest BCUT2D eigenvalue weighted by Gasteiger charge is 2.16. The maximum Gasteiger partial charge on any atom is 0.267 e. The monoisotopic (exact) mass is 419 g/mol. The number of anilines is 1. The second-order valence-corrected chi connectivity index (χ2v) is 8.35. The number of carbonyl (C=O) groups is 1. The third-order valence-electron chi connectivity index (χ3n) is 5.66. The molecule has 0 unspecified atom stereocenters. The minimum atomic E-state index is -0.133. The molecule has 4 aromatic rings. The Morgan fingerprint density at radius 1 is 1.13 bits per heavy atom. The van der Waals surface area contributed by atoms with E-state index in [2.05, 4.69) is 58.1 Å². The van der Waals surface area contributed by atoms with Gasteiger partial charge in [-0.15, -0.1) is 0 Å². The first-order chi connectivity index (χ1) is 14.8. The van der Waals surface area contributed by atoms with Crippen LogP contribution in [-0.2, 0) is 0 Å². The molecule has 0 atom stereocenters. The van der Waals surface area contributed by atoms with E-state index < -0.39 is 0 Å². The van der Waals surface area contributed by atoms with Gasteiger partial charge in [0.05, 0.1) is 5.52 Å². The molecule has 8 nitrogen and oxygen atoms in total. The molecule has 1 aromatic carbocycles. The van der Waals surface area contributed by atoms with Gasteiger partial charge in [-0.05, 0) is 63.1 Å². The molecule has 3 heterocycles. The molecular formula is C23H29N7O. The molecule has 0 bridgehead atoms. The SMILES string of the molecule is CC(C)N(CCNC(=O)c1cc2c(-c3ccc4[nH]nc(N)c4c3)ccnc2[nH]1)C(C)C. The Kier molecular flexibility index (Phi) is 5.65. The predicted octanol–water partition coefficient (Wildman–Crippen LogP) is 3.54. The Morgan fingerprint density at radius 3 is 2.65 bits per heavy atom. The zero-order valence-electron chi connectivity index (χ0n) is 18.4. The van der Waals surface area contributed by atoms with Crippen molar-refractivity contribution in [2.45, 2.75) is 39.8 Å². The highest BCUT2D eigenvalue weighted by molar-refractivity contribution is 6.03. The Hall–Kier alpha value is -3.39. The van der Waals surface area contributed by atoms with E-state index in [4.69, 9.17) is 5.73 Å². The maximum atomic E-state index is 12.8. The molecule has 0 saturated carbocycles. The van der Waals surface area contributed by atoms with Gasteiger partial charge in [0.1, 0.15) is 11.3 Å². The maximum absolute atomic E-state index is 12.8. The lowest BCUT2D eigenvalue weighted by molar-refractivity contribution is 0.0935. The summed E-state index contributed by atoms with van der Waals surface area (Å²) in [6, 6.07) is 10.6. The van der Waals surface area contributed by atoms with Gasteiger partial charge in [0, 0.05) is 42.1 Å². The molecule has 0 spiro atoms. The van der Waals surface area contributed by atoms with Crippen molar-refractivity contribution in [3.63, 3.8) is 0 Å². The number of nitrogen functional groups attached to an aromatic ring is 1. The fourth-order valence-corrected chi connectivity index (χ4v) is 4.11. The van der Waals surface area contributed by atoms with Crippen LogP contribution in [0.2, 0.25) is 0 Å². The third-order valence-corrected chi connectivity index (χ3v) is 5.66. The Balaban J connectivity index is 1.57. The summed E-state index contributed by atoms with van der Waals surface area (Å²) in [5.74, 6) is 0.332. The molecule has 4 rings (SSSR count). The summed E-state index contributed by atoms with van der Waals surface area (Å²) in [6.07, 6.45) is 1.74. The van der Waals surface area contributed by atoms with Crippen molar-refractivity contribution in [3.8, 4) is 11.1 Å². The van der Waals surface area contributed by atoms with Gasteiger partial charge >= 0.3 is 0 Å². The fraction of sp³-hybridized carbons (Fsp3) is 0.348. The average molecular weight is 420 g/mol. The number of aromatic amines is 2. The number of hydrogen-bond acceptors (Lipinski definition) is 5. The van der Waals surface area contributed by atoms with Crippen molar-refractivity contribution in [2.75, 3.05) is 18.8 Å². The van der Waals surface area contributed by atoms with E-state index in [-0.39, 0.29) is 5.91 Å². The number of pyridine rings is 1. The van der Waals surface area contributed by atoms with Gasteiger partial charge in [-0.3, -0.25) is 14.8 Å². The van der Waals surface area contributed by atoms with Crippen LogP contribution in [-0.4, -0.2) is 56.1 Å². The zero-order valence-corrected chi connectivity index (χ0v) is 18.4. The Bertz CT molecular complexity index is 1210. The molecule has 8 heteroatoms. The highest BCUT2D eigenvalue weighted by atomic mass is 16.1. The van der Waals surface area contributed by atoms with Gasteiger partial charge in [-0.1, -0.05) is 6.07 Å². The van der Waals surface area contributed by atoms with Crippen molar-refractivity contribution >= 4 is 33.7 Å². The van der Waals surface area contributed by atoms with E-state index in [1.807, 2.05) is 30.3 Å². The summed E-state index contributed by atoms with van der Waals surface area (Å²) in [5, 5.41) is 11.8. The van der Waals surface area contributed by atoms with Gasteiger partial charge in [-0.2, -0.15) is 5.10 Å². The number of rotatable bonds is 7. The summed E-state index contributed by atoms with van der Waals surface area (Å²) in [6.45, 7) is 10.1. The molecule has 31 heavy (non-hydrogen) atoms. The number of benzene rings is 1. The molecule has 0 radical (unpaired) electrons. The largest absolute Gasteiger partial charge is 0.382 e. The molecule has 162 valence electrons. The van der Waals surface area contributed by atoms with Crippen molar-refractivity contribution in [3.05, 3.63) is 42.2 Å². The standard InChI is InChI=1S/C23H29N7O/c1-13(2)30(14(3)4)10-9-26-23(31)20-12-17-16(7-8-25-22(17)27-20)15-5-6-19-18(11-15)21(24)29-28-19/h5-8,11-14H,9-10H2,1-4H3,(H,25,27)(H,26,31)(H3,24,28,29). The van der Waals surface area contributed by atoms with Crippen LogP contribution < -0.4 is 11.1 Å². The smallest absolute Gasteiger partial charge is 0.267 e. The molecule has 0 fully saturated rings. The number of fused-ring (bicyclic) bond motifs is 2. The molecular weight excluding hydrogens is 390 g/mol. The normalized spacial score (nSPS) is 12.0. The number of carbonyl (C=O) groups excluding carboxylic acids is 1. The topological polar surface area (TPSA) is 116 Å². The first-order valence-corrected chi connectivity index (χ1v) is 10.6. The number of nitrogens with two attached hydrogens (primary N) is 1. The van der Waals surface area contributed by atoms with Gasteiger partial charge in [0.15, 0.2) is 5.82 Å². The average Bonchev–Trinajstić information content (AvgIpc) is 3.34. The number of hydrogen-bond donors (Lipinski definition) is 4. The molecule has 3 aromatic heterocycles. The van der Waals surface area contributed by atoms with E-state index >= 15 is 0 Å². The van der Waals surface area contributed by atoms with Gasteiger partial charge in [-0.25, -0.2) is 4.98 Å². The summed E-state index contributed by atoms with van der Waals surface area (Å²) in [4.78, 5) is 22.7. The predicted molar refractivity (Wildman–Crippen MR) is 125 cm³/mol. The van der Waals surface area contributed by atoms with Gasteiger partial charge < -0.3 is 16.0 Å². The van der Waals surface area contributed by atoms with Crippen molar-refractivity contribution in [2.24, 2.45) is 0 Å². The minimum absolute atomic E-state index is 0.133. The highest BCUT2D eigenvalue weighted by Crippen LogP contribution is 2.31. The summed E-state index contributed by atoms with van der Waals surface area (Å²) in [5.41, 5.74) is 10.00. The van der Waals surface area contributed by atoms with Crippen LogP contribution in [0.15, 0.2) is 36.5 Å². The fourth-order valence-electron chi connectivity index (χ4n) is 4.11. The van der Waals surface area contributed by atoms with Crippen LogP contribution in [0.25, 0.3) is 33.1 Å². The lowest BCUT2D eigenvalue weighted by Crippen LogP contribution is -2.42. The van der Waals surface area contributed by atoms with Crippen LogP contribution in [0, 0.1) is 0 Å². The summed E-state index contributed by atoms with van der Waals surface area (Å²) in [7, 11) is 0. The quantitative estimate of drug-likeness (QED) is 0.366. The molecule has 0 saturated heterocycles. The Labute approximate surface area is 181 Å². The van der Waals surface area contributed by atoms with E-state index in [9.17, 15) is 4.79 Å². The molecule has 1 amide bonds. The Morgan fingerprint density at radius 2 is 1.90 bits per heavy atom. The van der Waals surface area contributed by atoms with E-state index in [1.165, 1.54) is 0 Å². The van der Waals surface area contributed by atoms with Crippen LogP contribution >= 0.6 is 0 Å². The van der Waals surface area contributed by atoms with E-state index in [0.717, 1.165) is 34.0 Å². The van der Waals surface area contributed by atoms with E-state index in [0.29, 0.717) is 35.8 Å². The number of nitrogens with one attached hydrogen (secondary N) is 3. The number of H-pyrrole nitrogens is 2. The van der Waals surface area contributed by atoms with Crippen LogP contribution in [0.5, 0.6) is 0 Å². The third kappa shape index (κ3) is 4.11. The van der Waals surface area contributed by atoms with Crippen LogP contribution in [0.3, 0.4) is 0 Å². The number of amides is 1. The van der Waals surface area contributed by atoms with Crippen LogP contribution in [0.1, 0.15) is 38.2 Å². The second-order valence-electron chi connectivity index (χ2n) is 8.35. The second kappa shape index (κ2) is 8.39. The first-order valence-electron chi connectivity index (χ1n) is 10.6. The van der Waals surface area contributed by atoms with E-state index in [1.54, 1.807) is 6.20 Å². The molecule has 0 aliphatic heterocycles. The zero-order chi connectivity index (χ0) is 22.1. The summed E-state index contributed by atoms with van der Waals surface area (Å²) < 4.78 is 0. The molecule has 5 N–H and O–H groups in total. The van der Waals surface area contributed by atoms with Crippen molar-refractivity contribution < 1.29 is 4.79 Å². The lowest BCUT2D eigenvalue weighted by atomic mass is 10.0. The molecule has 0 aliphatic rings. The van der Waals surface area contributed by atoms with Gasteiger partial charge in [0.25, 0.3) is 5.91 Å². The number of nitrogens with zero attached hydrogens (tertiary/aromatic N) is 3. The minimum Gasteiger partial charge on any atom is -0.382 e. The van der Waals surface area contributed by atoms with Crippen molar-refractivity contribution in [1.29, 1.82) is 0 Å². The van der Waals surface area contributed by atoms with Crippen LogP contribution in [0.4, 0.5) is 5.82 Å². The van der Waals surface area contributed by atoms with Gasteiger partial charge in [0.2, 0.25) is 0 Å². The number of aromatic nitrogens is 4. The molecule has 0 aliphatic carbocycles. The summed E-state index contributed by atoms with van der Waals surface area (Å²) >= 11 is 0. The van der Waals surface area contributed by atoms with Crippen molar-refractivity contribution in [1.82, 2.24) is 30.4 Å². The lowest BCUT2D eigenvalue weighted by Gasteiger charge is -2.30. The first kappa shape index (κ1) is 20.9.